The molecule has 2 aromatic rings. The quantitative estimate of drug-likeness (QED) is 0.805. The lowest BCUT2D eigenvalue weighted by atomic mass is 10.2. The zero-order valence-corrected chi connectivity index (χ0v) is 11.9. The van der Waals surface area contributed by atoms with Gasteiger partial charge in [0, 0.05) is 24.2 Å². The van der Waals surface area contributed by atoms with Gasteiger partial charge < -0.3 is 10.6 Å². The first-order valence-electron chi connectivity index (χ1n) is 6.65. The number of rotatable bonds is 1. The van der Waals surface area contributed by atoms with E-state index in [-0.39, 0.29) is 11.5 Å². The third-order valence-corrected chi connectivity index (χ3v) is 5.29. The summed E-state index contributed by atoms with van der Waals surface area (Å²) in [4.78, 5) is 6.65. The number of anilines is 2. The standard InChI is InChI=1S/C14H17N3O2S/c15-12-3-4-13-11(10-12)2-5-14(16-13)17-6-1-8-20(18,19)9-7-17/h2-5,10H,1,6-9,15H2. The largest absolute Gasteiger partial charge is 0.399 e. The van der Waals surface area contributed by atoms with E-state index in [0.29, 0.717) is 18.7 Å². The van der Waals surface area contributed by atoms with Crippen molar-refractivity contribution >= 4 is 32.2 Å². The monoisotopic (exact) mass is 291 g/mol. The van der Waals surface area contributed by atoms with Gasteiger partial charge in [-0.25, -0.2) is 13.4 Å². The Hall–Kier alpha value is -1.82. The van der Waals surface area contributed by atoms with Crippen molar-refractivity contribution in [1.29, 1.82) is 0 Å². The second-order valence-electron chi connectivity index (χ2n) is 5.11. The third-order valence-electron chi connectivity index (χ3n) is 3.58. The molecule has 6 heteroatoms. The number of hydrogen-bond acceptors (Lipinski definition) is 5. The molecule has 1 aliphatic rings. The van der Waals surface area contributed by atoms with Gasteiger partial charge in [-0.15, -0.1) is 0 Å². The van der Waals surface area contributed by atoms with Crippen LogP contribution in [0, 0.1) is 0 Å². The molecule has 5 nitrogen and oxygen atoms in total. The minimum atomic E-state index is -2.89. The summed E-state index contributed by atoms with van der Waals surface area (Å²) >= 11 is 0. The highest BCUT2D eigenvalue weighted by Crippen LogP contribution is 2.21. The van der Waals surface area contributed by atoms with Crippen LogP contribution >= 0.6 is 0 Å². The van der Waals surface area contributed by atoms with E-state index < -0.39 is 9.84 Å². The van der Waals surface area contributed by atoms with E-state index in [2.05, 4.69) is 4.98 Å². The Bertz CT molecular complexity index is 743. The summed E-state index contributed by atoms with van der Waals surface area (Å²) in [6, 6.07) is 9.51. The summed E-state index contributed by atoms with van der Waals surface area (Å²) in [5, 5.41) is 0.996. The fourth-order valence-corrected chi connectivity index (χ4v) is 3.75. The molecule has 1 saturated heterocycles. The number of nitrogen functional groups attached to an aromatic ring is 1. The van der Waals surface area contributed by atoms with Gasteiger partial charge in [-0.05, 0) is 36.8 Å². The molecule has 2 heterocycles. The normalized spacial score (nSPS) is 18.9. The Balaban J connectivity index is 1.92. The fourth-order valence-electron chi connectivity index (χ4n) is 2.48. The fraction of sp³-hybridized carbons (Fsp3) is 0.357. The Morgan fingerprint density at radius 2 is 1.95 bits per heavy atom. The van der Waals surface area contributed by atoms with E-state index in [1.807, 2.05) is 35.2 Å². The molecule has 0 radical (unpaired) electrons. The molecule has 106 valence electrons. The molecule has 0 saturated carbocycles. The van der Waals surface area contributed by atoms with Crippen LogP contribution in [0.5, 0.6) is 0 Å². The summed E-state index contributed by atoms with van der Waals surface area (Å²) in [6.45, 7) is 1.24. The summed E-state index contributed by atoms with van der Waals surface area (Å²) in [5.74, 6) is 1.31. The Labute approximate surface area is 118 Å². The summed E-state index contributed by atoms with van der Waals surface area (Å²) < 4.78 is 23.3. The van der Waals surface area contributed by atoms with E-state index in [9.17, 15) is 8.42 Å². The summed E-state index contributed by atoms with van der Waals surface area (Å²) in [7, 11) is -2.89. The van der Waals surface area contributed by atoms with Gasteiger partial charge in [-0.1, -0.05) is 0 Å². The van der Waals surface area contributed by atoms with Gasteiger partial charge in [0.15, 0.2) is 9.84 Å². The first-order valence-corrected chi connectivity index (χ1v) is 8.47. The van der Waals surface area contributed by atoms with Crippen LogP contribution in [0.3, 0.4) is 0 Å². The van der Waals surface area contributed by atoms with Gasteiger partial charge in [0.2, 0.25) is 0 Å². The van der Waals surface area contributed by atoms with Crippen molar-refractivity contribution in [3.8, 4) is 0 Å². The molecular formula is C14H17N3O2S. The minimum absolute atomic E-state index is 0.203. The number of nitrogens with zero attached hydrogens (tertiary/aromatic N) is 2. The lowest BCUT2D eigenvalue weighted by Crippen LogP contribution is -2.27. The molecule has 0 bridgehead atoms. The van der Waals surface area contributed by atoms with E-state index >= 15 is 0 Å². The number of pyridine rings is 1. The SMILES string of the molecule is Nc1ccc2nc(N3CCCS(=O)(=O)CC3)ccc2c1. The van der Waals surface area contributed by atoms with E-state index in [4.69, 9.17) is 5.73 Å². The van der Waals surface area contributed by atoms with Crippen LogP contribution in [0.4, 0.5) is 11.5 Å². The zero-order valence-electron chi connectivity index (χ0n) is 11.1. The predicted octanol–water partition coefficient (Wildman–Crippen LogP) is 1.44. The van der Waals surface area contributed by atoms with Gasteiger partial charge in [-0.2, -0.15) is 0 Å². The number of hydrogen-bond donors (Lipinski definition) is 1. The van der Waals surface area contributed by atoms with Crippen molar-refractivity contribution in [3.63, 3.8) is 0 Å². The van der Waals surface area contributed by atoms with Gasteiger partial charge in [0.05, 0.1) is 17.0 Å². The average molecular weight is 291 g/mol. The van der Waals surface area contributed by atoms with Crippen LogP contribution in [-0.4, -0.2) is 38.0 Å². The maximum atomic E-state index is 11.6. The van der Waals surface area contributed by atoms with Crippen LogP contribution in [0.25, 0.3) is 10.9 Å². The van der Waals surface area contributed by atoms with Gasteiger partial charge in [0.1, 0.15) is 5.82 Å². The third kappa shape index (κ3) is 2.70. The lowest BCUT2D eigenvalue weighted by molar-refractivity contribution is 0.597. The van der Waals surface area contributed by atoms with Crippen LogP contribution in [0.15, 0.2) is 30.3 Å². The molecule has 0 aliphatic carbocycles. The molecule has 1 aliphatic heterocycles. The summed E-state index contributed by atoms with van der Waals surface area (Å²) in [5.41, 5.74) is 7.34. The molecule has 0 atom stereocenters. The summed E-state index contributed by atoms with van der Waals surface area (Å²) in [6.07, 6.45) is 0.657. The van der Waals surface area contributed by atoms with Gasteiger partial charge in [0.25, 0.3) is 0 Å². The predicted molar refractivity (Wildman–Crippen MR) is 81.6 cm³/mol. The molecule has 3 rings (SSSR count). The van der Waals surface area contributed by atoms with Gasteiger partial charge in [-0.3, -0.25) is 0 Å². The van der Waals surface area contributed by atoms with Crippen LogP contribution in [-0.2, 0) is 9.84 Å². The zero-order chi connectivity index (χ0) is 14.2. The second kappa shape index (κ2) is 4.94. The van der Waals surface area contributed by atoms with Crippen LogP contribution < -0.4 is 10.6 Å². The molecule has 1 fully saturated rings. The van der Waals surface area contributed by atoms with Crippen molar-refractivity contribution in [3.05, 3.63) is 30.3 Å². The minimum Gasteiger partial charge on any atom is -0.399 e. The van der Waals surface area contributed by atoms with E-state index in [0.717, 1.165) is 23.3 Å². The topological polar surface area (TPSA) is 76.3 Å². The second-order valence-corrected chi connectivity index (χ2v) is 7.42. The molecule has 1 aromatic carbocycles. The number of fused-ring (bicyclic) bond motifs is 1. The van der Waals surface area contributed by atoms with Crippen molar-refractivity contribution in [1.82, 2.24) is 4.98 Å². The number of nitrogens with two attached hydrogens (primary N) is 1. The molecule has 0 unspecified atom stereocenters. The number of sulfone groups is 1. The molecule has 1 aromatic heterocycles. The van der Waals surface area contributed by atoms with Crippen molar-refractivity contribution < 1.29 is 8.42 Å². The number of aromatic nitrogens is 1. The van der Waals surface area contributed by atoms with Crippen LogP contribution in [0.2, 0.25) is 0 Å². The molecule has 2 N–H and O–H groups in total. The smallest absolute Gasteiger partial charge is 0.152 e. The maximum Gasteiger partial charge on any atom is 0.152 e. The highest BCUT2D eigenvalue weighted by atomic mass is 32.2. The van der Waals surface area contributed by atoms with E-state index in [1.54, 1.807) is 0 Å². The van der Waals surface area contributed by atoms with Crippen molar-refractivity contribution in [2.75, 3.05) is 35.2 Å². The highest BCUT2D eigenvalue weighted by molar-refractivity contribution is 7.91. The molecule has 0 spiro atoms. The lowest BCUT2D eigenvalue weighted by Gasteiger charge is -2.21. The van der Waals surface area contributed by atoms with Gasteiger partial charge >= 0.3 is 0 Å². The Morgan fingerprint density at radius 1 is 1.10 bits per heavy atom. The first-order chi connectivity index (χ1) is 9.53. The van der Waals surface area contributed by atoms with Crippen molar-refractivity contribution in [2.24, 2.45) is 0 Å². The maximum absolute atomic E-state index is 11.6. The molecule has 0 amide bonds. The Kier molecular flexibility index (Phi) is 3.25. The Morgan fingerprint density at radius 3 is 2.80 bits per heavy atom. The average Bonchev–Trinajstić information content (AvgIpc) is 2.59. The first kappa shape index (κ1) is 13.2. The number of benzene rings is 1. The molecular weight excluding hydrogens is 274 g/mol. The van der Waals surface area contributed by atoms with Crippen LogP contribution in [0.1, 0.15) is 6.42 Å². The highest BCUT2D eigenvalue weighted by Gasteiger charge is 2.20. The van der Waals surface area contributed by atoms with Crippen molar-refractivity contribution in [2.45, 2.75) is 6.42 Å². The van der Waals surface area contributed by atoms with E-state index in [1.165, 1.54) is 0 Å². The molecule has 20 heavy (non-hydrogen) atoms.